The van der Waals surface area contributed by atoms with E-state index in [0.29, 0.717) is 22.5 Å². The quantitative estimate of drug-likeness (QED) is 0.185. The first-order chi connectivity index (χ1) is 25.5. The highest BCUT2D eigenvalue weighted by atomic mass is 16.3. The molecule has 3 aromatic heterocycles. The fourth-order valence-corrected chi connectivity index (χ4v) is 9.04. The van der Waals surface area contributed by atoms with Gasteiger partial charge in [-0.25, -0.2) is 0 Å². The number of hydrogen-bond acceptors (Lipinski definition) is 3. The Bertz CT molecular complexity index is 3300. The van der Waals surface area contributed by atoms with E-state index in [1.807, 2.05) is 48.5 Å². The topological polar surface area (TPSA) is 70.6 Å². The maximum Gasteiger partial charge on any atom is 0.145 e. The molecule has 3 heterocycles. The van der Waals surface area contributed by atoms with Crippen LogP contribution in [0.25, 0.3) is 88.1 Å². The van der Waals surface area contributed by atoms with Gasteiger partial charge < -0.3 is 13.6 Å². The van der Waals surface area contributed by atoms with Crippen molar-refractivity contribution < 1.29 is 4.42 Å². The molecule has 0 atom stereocenters. The third-order valence-corrected chi connectivity index (χ3v) is 11.4. The summed E-state index contributed by atoms with van der Waals surface area (Å²) in [5.74, 6) is 0. The van der Waals surface area contributed by atoms with E-state index in [0.717, 1.165) is 65.6 Å². The predicted molar refractivity (Wildman–Crippen MR) is 209 cm³/mol. The molecule has 0 amide bonds. The summed E-state index contributed by atoms with van der Waals surface area (Å²) < 4.78 is 10.8. The highest BCUT2D eigenvalue weighted by Gasteiger charge is 2.36. The summed E-state index contributed by atoms with van der Waals surface area (Å²) in [7, 11) is 0. The maximum atomic E-state index is 10.9. The van der Waals surface area contributed by atoms with Crippen molar-refractivity contribution in [3.8, 4) is 34.6 Å². The number of nitriles is 2. The van der Waals surface area contributed by atoms with Crippen LogP contribution in [-0.4, -0.2) is 9.13 Å². The van der Waals surface area contributed by atoms with Crippen LogP contribution >= 0.6 is 0 Å². The molecule has 0 radical (unpaired) electrons. The average molecular weight is 665 g/mol. The predicted octanol–water partition coefficient (Wildman–Crippen LogP) is 11.8. The fourth-order valence-electron chi connectivity index (χ4n) is 9.04. The van der Waals surface area contributed by atoms with Gasteiger partial charge in [-0.05, 0) is 76.9 Å². The fraction of sp³-hybridized carbons (Fsp3) is 0.0638. The standard InChI is InChI=1S/C47H28N4O/c1-47(2)36-15-7-3-11-29(36)34-23-35-30-12-4-8-16-38(30)51(43(35)24-37(34)47)42-22-27(25-48)41(21-28(42)26-49)50-39-17-9-5-14-33(39)45-40(50)20-19-32-31-13-6-10-18-44(31)52-46(32)45/h3-24H,1-2H3. The molecule has 5 nitrogen and oxygen atoms in total. The summed E-state index contributed by atoms with van der Waals surface area (Å²) in [5.41, 5.74) is 12.7. The molecule has 0 aliphatic heterocycles. The average Bonchev–Trinajstić information content (AvgIpc) is 3.89. The van der Waals surface area contributed by atoms with E-state index in [-0.39, 0.29) is 5.41 Å². The van der Waals surface area contributed by atoms with Crippen LogP contribution in [0, 0.1) is 22.7 Å². The summed E-state index contributed by atoms with van der Waals surface area (Å²) in [5, 5.41) is 28.1. The van der Waals surface area contributed by atoms with Gasteiger partial charge in [0.2, 0.25) is 0 Å². The van der Waals surface area contributed by atoms with Crippen molar-refractivity contribution in [1.82, 2.24) is 9.13 Å². The number of furan rings is 1. The van der Waals surface area contributed by atoms with Crippen molar-refractivity contribution in [3.05, 3.63) is 156 Å². The van der Waals surface area contributed by atoms with Crippen molar-refractivity contribution in [2.75, 3.05) is 0 Å². The van der Waals surface area contributed by atoms with Crippen LogP contribution in [0.2, 0.25) is 0 Å². The number of rotatable bonds is 2. The van der Waals surface area contributed by atoms with E-state index >= 15 is 0 Å². The third-order valence-electron chi connectivity index (χ3n) is 11.4. The molecule has 0 spiro atoms. The summed E-state index contributed by atoms with van der Waals surface area (Å²) in [6, 6.07) is 51.0. The molecule has 10 aromatic rings. The Kier molecular flexibility index (Phi) is 5.53. The lowest BCUT2D eigenvalue weighted by molar-refractivity contribution is 0.661. The zero-order chi connectivity index (χ0) is 34.9. The minimum Gasteiger partial charge on any atom is -0.455 e. The Morgan fingerprint density at radius 3 is 1.87 bits per heavy atom. The molecule has 0 unspecified atom stereocenters. The Morgan fingerprint density at radius 2 is 1.12 bits per heavy atom. The molecular formula is C47H28N4O. The van der Waals surface area contributed by atoms with E-state index in [1.54, 1.807) is 0 Å². The smallest absolute Gasteiger partial charge is 0.145 e. The van der Waals surface area contributed by atoms with Crippen molar-refractivity contribution in [2.45, 2.75) is 19.3 Å². The second-order valence-corrected chi connectivity index (χ2v) is 14.3. The van der Waals surface area contributed by atoms with E-state index in [4.69, 9.17) is 4.42 Å². The van der Waals surface area contributed by atoms with Gasteiger partial charge in [-0.1, -0.05) is 92.7 Å². The molecule has 0 N–H and O–H groups in total. The van der Waals surface area contributed by atoms with Crippen LogP contribution in [0.3, 0.4) is 0 Å². The second-order valence-electron chi connectivity index (χ2n) is 14.3. The molecule has 1 aliphatic rings. The molecule has 0 fully saturated rings. The third kappa shape index (κ3) is 3.54. The van der Waals surface area contributed by atoms with Crippen LogP contribution in [0.5, 0.6) is 0 Å². The number of hydrogen-bond donors (Lipinski definition) is 0. The summed E-state index contributed by atoms with van der Waals surface area (Å²) in [4.78, 5) is 0. The molecule has 0 saturated carbocycles. The van der Waals surface area contributed by atoms with Gasteiger partial charge >= 0.3 is 0 Å². The van der Waals surface area contributed by atoms with Gasteiger partial charge in [-0.2, -0.15) is 10.5 Å². The highest BCUT2D eigenvalue weighted by molar-refractivity contribution is 6.24. The molecule has 242 valence electrons. The highest BCUT2D eigenvalue weighted by Crippen LogP contribution is 2.51. The van der Waals surface area contributed by atoms with E-state index < -0.39 is 0 Å². The van der Waals surface area contributed by atoms with Gasteiger partial charge in [0.05, 0.1) is 50.0 Å². The van der Waals surface area contributed by atoms with Crippen LogP contribution in [0.15, 0.2) is 138 Å². The summed E-state index contributed by atoms with van der Waals surface area (Å²) in [6.07, 6.45) is 0. The zero-order valence-electron chi connectivity index (χ0n) is 28.4. The van der Waals surface area contributed by atoms with Gasteiger partial charge in [-0.3, -0.25) is 0 Å². The number of fused-ring (bicyclic) bond motifs is 13. The number of aromatic nitrogens is 2. The van der Waals surface area contributed by atoms with Gasteiger partial charge in [0, 0.05) is 32.3 Å². The molecular weight excluding hydrogens is 637 g/mol. The Hall–Kier alpha value is -7.08. The minimum atomic E-state index is -0.192. The lowest BCUT2D eigenvalue weighted by atomic mass is 9.82. The molecule has 0 saturated heterocycles. The van der Waals surface area contributed by atoms with Gasteiger partial charge in [-0.15, -0.1) is 0 Å². The Balaban J connectivity index is 1.21. The van der Waals surface area contributed by atoms with Gasteiger partial charge in [0.25, 0.3) is 0 Å². The second kappa shape index (κ2) is 10.0. The molecule has 5 heteroatoms. The van der Waals surface area contributed by atoms with Crippen LogP contribution in [0.4, 0.5) is 0 Å². The normalized spacial score (nSPS) is 13.3. The first kappa shape index (κ1) is 28.7. The lowest BCUT2D eigenvalue weighted by Crippen LogP contribution is -2.15. The largest absolute Gasteiger partial charge is 0.455 e. The summed E-state index contributed by atoms with van der Waals surface area (Å²) in [6.45, 7) is 4.56. The van der Waals surface area contributed by atoms with Gasteiger partial charge in [0.15, 0.2) is 0 Å². The van der Waals surface area contributed by atoms with E-state index in [2.05, 4.69) is 120 Å². The monoisotopic (exact) mass is 664 g/mol. The molecule has 0 bridgehead atoms. The summed E-state index contributed by atoms with van der Waals surface area (Å²) >= 11 is 0. The molecule has 11 rings (SSSR count). The van der Waals surface area contributed by atoms with E-state index in [9.17, 15) is 10.5 Å². The van der Waals surface area contributed by atoms with Crippen molar-refractivity contribution in [1.29, 1.82) is 10.5 Å². The molecule has 7 aromatic carbocycles. The van der Waals surface area contributed by atoms with Crippen LogP contribution in [0.1, 0.15) is 36.1 Å². The zero-order valence-corrected chi connectivity index (χ0v) is 28.4. The number of nitrogens with zero attached hydrogens (tertiary/aromatic N) is 4. The molecule has 1 aliphatic carbocycles. The van der Waals surface area contributed by atoms with Crippen molar-refractivity contribution in [2.24, 2.45) is 0 Å². The molecule has 52 heavy (non-hydrogen) atoms. The van der Waals surface area contributed by atoms with Gasteiger partial charge in [0.1, 0.15) is 23.3 Å². The van der Waals surface area contributed by atoms with Crippen molar-refractivity contribution in [3.63, 3.8) is 0 Å². The SMILES string of the molecule is CC1(C)c2ccccc2-c2cc3c4ccccc4n(-c4cc(C#N)c(-n5c6ccccc6c6c7oc8ccccc8c7ccc65)cc4C#N)c3cc21. The minimum absolute atomic E-state index is 0.192. The first-order valence-electron chi connectivity index (χ1n) is 17.5. The lowest BCUT2D eigenvalue weighted by Gasteiger charge is -2.22. The first-order valence-corrected chi connectivity index (χ1v) is 17.5. The van der Waals surface area contributed by atoms with Crippen LogP contribution in [-0.2, 0) is 5.41 Å². The number of benzene rings is 7. The van der Waals surface area contributed by atoms with Crippen molar-refractivity contribution >= 4 is 65.6 Å². The van der Waals surface area contributed by atoms with E-state index in [1.165, 1.54) is 22.3 Å². The Labute approximate surface area is 298 Å². The Morgan fingerprint density at radius 1 is 0.500 bits per heavy atom. The van der Waals surface area contributed by atoms with Crippen LogP contribution < -0.4 is 0 Å². The maximum absolute atomic E-state index is 10.9. The number of para-hydroxylation sites is 3.